The maximum Gasteiger partial charge on any atom is 0.243 e. The van der Waals surface area contributed by atoms with Gasteiger partial charge in [0.1, 0.15) is 18.7 Å². The Hall–Kier alpha value is -2.46. The van der Waals surface area contributed by atoms with E-state index in [1.165, 1.54) is 4.88 Å². The van der Waals surface area contributed by atoms with Crippen molar-refractivity contribution in [3.05, 3.63) is 34.5 Å². The lowest BCUT2D eigenvalue weighted by Crippen LogP contribution is -2.52. The number of aliphatic imine (C=N–C) groups is 1. The van der Waals surface area contributed by atoms with Gasteiger partial charge < -0.3 is 19.7 Å². The lowest BCUT2D eigenvalue weighted by atomic mass is 10.3. The molecular formula is C20H32N8OS. The first-order valence-corrected chi connectivity index (χ1v) is 11.3. The van der Waals surface area contributed by atoms with Gasteiger partial charge in [0.2, 0.25) is 5.91 Å². The zero-order valence-electron chi connectivity index (χ0n) is 18.1. The fourth-order valence-electron chi connectivity index (χ4n) is 3.32. The van der Waals surface area contributed by atoms with Gasteiger partial charge in [0.15, 0.2) is 5.96 Å². The molecule has 1 amide bonds. The number of likely N-dealkylation sites (N-methyl/N-ethyl adjacent to an activating group) is 1. The van der Waals surface area contributed by atoms with E-state index < -0.39 is 0 Å². The van der Waals surface area contributed by atoms with Gasteiger partial charge in [-0.15, -0.1) is 21.5 Å². The second-order valence-electron chi connectivity index (χ2n) is 7.49. The summed E-state index contributed by atoms with van der Waals surface area (Å²) in [4.78, 5) is 24.4. The number of amides is 1. The molecule has 3 heterocycles. The van der Waals surface area contributed by atoms with Gasteiger partial charge in [0, 0.05) is 71.2 Å². The summed E-state index contributed by atoms with van der Waals surface area (Å²) in [5, 5.41) is 13.7. The molecule has 1 saturated heterocycles. The molecule has 0 atom stereocenters. The maximum absolute atomic E-state index is 12.0. The Bertz CT molecular complexity index is 809. The van der Waals surface area contributed by atoms with Crippen LogP contribution in [0.1, 0.15) is 17.6 Å². The average Bonchev–Trinajstić information content (AvgIpc) is 3.42. The number of aromatic nitrogens is 3. The van der Waals surface area contributed by atoms with Crippen molar-refractivity contribution in [2.75, 3.05) is 53.4 Å². The number of hydrogen-bond donors (Lipinski definition) is 1. The highest BCUT2D eigenvalue weighted by atomic mass is 32.1. The van der Waals surface area contributed by atoms with Crippen molar-refractivity contribution in [3.63, 3.8) is 0 Å². The highest BCUT2D eigenvalue weighted by Crippen LogP contribution is 2.13. The summed E-state index contributed by atoms with van der Waals surface area (Å²) in [5.41, 5.74) is 0. The average molecular weight is 433 g/mol. The van der Waals surface area contributed by atoms with Gasteiger partial charge in [-0.05, 0) is 11.4 Å². The maximum atomic E-state index is 12.0. The SMILES string of the molecule is CCc1nncn1CCNC(=NCC(=O)N(C)C)N1CCN(Cc2cccs2)CC1. The topological polar surface area (TPSA) is 81.9 Å². The van der Waals surface area contributed by atoms with Crippen molar-refractivity contribution in [2.24, 2.45) is 4.99 Å². The lowest BCUT2D eigenvalue weighted by Gasteiger charge is -2.36. The first kappa shape index (κ1) is 22.2. The van der Waals surface area contributed by atoms with E-state index in [4.69, 9.17) is 0 Å². The van der Waals surface area contributed by atoms with E-state index in [1.807, 2.05) is 0 Å². The molecule has 1 fully saturated rings. The second-order valence-corrected chi connectivity index (χ2v) is 8.52. The Morgan fingerprint density at radius 2 is 2.10 bits per heavy atom. The molecule has 0 saturated carbocycles. The predicted molar refractivity (Wildman–Crippen MR) is 120 cm³/mol. The molecule has 3 rings (SSSR count). The number of rotatable bonds is 8. The van der Waals surface area contributed by atoms with E-state index in [2.05, 4.69) is 59.3 Å². The number of aryl methyl sites for hydroxylation is 1. The van der Waals surface area contributed by atoms with Crippen molar-refractivity contribution < 1.29 is 4.79 Å². The van der Waals surface area contributed by atoms with Gasteiger partial charge in [-0.3, -0.25) is 9.69 Å². The predicted octanol–water partition coefficient (Wildman–Crippen LogP) is 0.754. The summed E-state index contributed by atoms with van der Waals surface area (Å²) in [6.07, 6.45) is 2.61. The Labute approximate surface area is 182 Å². The second kappa shape index (κ2) is 11.1. The van der Waals surface area contributed by atoms with Gasteiger partial charge in [-0.25, -0.2) is 4.99 Å². The smallest absolute Gasteiger partial charge is 0.243 e. The number of nitrogens with one attached hydrogen (secondary N) is 1. The molecule has 9 nitrogen and oxygen atoms in total. The third-order valence-corrected chi connectivity index (χ3v) is 6.00. The molecule has 0 spiro atoms. The molecule has 2 aromatic heterocycles. The minimum atomic E-state index is -0.00212. The molecule has 0 aliphatic carbocycles. The van der Waals surface area contributed by atoms with Crippen LogP contribution >= 0.6 is 11.3 Å². The zero-order chi connectivity index (χ0) is 21.3. The third-order valence-electron chi connectivity index (χ3n) is 5.14. The van der Waals surface area contributed by atoms with Crippen LogP contribution in [0.2, 0.25) is 0 Å². The van der Waals surface area contributed by atoms with Crippen molar-refractivity contribution in [1.82, 2.24) is 34.8 Å². The molecule has 1 aliphatic heterocycles. The van der Waals surface area contributed by atoms with Crippen molar-refractivity contribution in [2.45, 2.75) is 26.4 Å². The van der Waals surface area contributed by atoms with Crippen molar-refractivity contribution in [1.29, 1.82) is 0 Å². The number of carbonyl (C=O) groups is 1. The summed E-state index contributed by atoms with van der Waals surface area (Å²) < 4.78 is 2.05. The van der Waals surface area contributed by atoms with Gasteiger partial charge in [-0.1, -0.05) is 13.0 Å². The van der Waals surface area contributed by atoms with Crippen LogP contribution in [0.3, 0.4) is 0 Å². The van der Waals surface area contributed by atoms with E-state index in [1.54, 1.807) is 36.7 Å². The van der Waals surface area contributed by atoms with Gasteiger partial charge in [0.05, 0.1) is 0 Å². The lowest BCUT2D eigenvalue weighted by molar-refractivity contribution is -0.127. The van der Waals surface area contributed by atoms with Gasteiger partial charge in [0.25, 0.3) is 0 Å². The van der Waals surface area contributed by atoms with Crippen LogP contribution in [-0.2, 0) is 24.3 Å². The normalized spacial score (nSPS) is 15.4. The minimum Gasteiger partial charge on any atom is -0.354 e. The van der Waals surface area contributed by atoms with E-state index in [9.17, 15) is 4.79 Å². The molecule has 164 valence electrons. The van der Waals surface area contributed by atoms with Crippen molar-refractivity contribution >= 4 is 23.2 Å². The quantitative estimate of drug-likeness (QED) is 0.490. The van der Waals surface area contributed by atoms with Crippen LogP contribution in [-0.4, -0.2) is 94.7 Å². The Kier molecular flexibility index (Phi) is 8.21. The first-order chi connectivity index (χ1) is 14.6. The molecule has 0 aromatic carbocycles. The number of hydrogen-bond acceptors (Lipinski definition) is 6. The molecule has 30 heavy (non-hydrogen) atoms. The van der Waals surface area contributed by atoms with E-state index >= 15 is 0 Å². The molecule has 1 aliphatic rings. The molecule has 0 bridgehead atoms. The van der Waals surface area contributed by atoms with Crippen LogP contribution < -0.4 is 5.32 Å². The monoisotopic (exact) mass is 432 g/mol. The Balaban J connectivity index is 1.56. The molecule has 0 radical (unpaired) electrons. The molecule has 2 aromatic rings. The van der Waals surface area contributed by atoms with E-state index in [-0.39, 0.29) is 12.5 Å². The summed E-state index contributed by atoms with van der Waals surface area (Å²) in [5.74, 6) is 1.77. The number of thiophene rings is 1. The first-order valence-electron chi connectivity index (χ1n) is 10.4. The summed E-state index contributed by atoms with van der Waals surface area (Å²) in [6, 6.07) is 4.29. The van der Waals surface area contributed by atoms with Crippen LogP contribution in [0, 0.1) is 0 Å². The van der Waals surface area contributed by atoms with Gasteiger partial charge >= 0.3 is 0 Å². The van der Waals surface area contributed by atoms with Crippen LogP contribution in [0.15, 0.2) is 28.8 Å². The molecule has 0 unspecified atom stereocenters. The fraction of sp³-hybridized carbons (Fsp3) is 0.600. The molecule has 10 heteroatoms. The van der Waals surface area contributed by atoms with Crippen LogP contribution in [0.5, 0.6) is 0 Å². The standard InChI is InChI=1S/C20H32N8OS/c1-4-18-24-23-16-28(18)8-7-21-20(22-14-19(29)25(2)3)27-11-9-26(10-12-27)15-17-6-5-13-30-17/h5-6,13,16H,4,7-12,14-15H2,1-3H3,(H,21,22). The molecular weight excluding hydrogens is 400 g/mol. The van der Waals surface area contributed by atoms with Gasteiger partial charge in [-0.2, -0.15) is 0 Å². The largest absolute Gasteiger partial charge is 0.354 e. The summed E-state index contributed by atoms with van der Waals surface area (Å²) >= 11 is 1.80. The van der Waals surface area contributed by atoms with Crippen LogP contribution in [0.4, 0.5) is 0 Å². The summed E-state index contributed by atoms with van der Waals surface area (Å²) in [7, 11) is 3.51. The van der Waals surface area contributed by atoms with E-state index in [0.29, 0.717) is 6.54 Å². The third kappa shape index (κ3) is 6.27. The summed E-state index contributed by atoms with van der Waals surface area (Å²) in [6.45, 7) is 8.42. The Morgan fingerprint density at radius 1 is 1.30 bits per heavy atom. The molecule has 1 N–H and O–H groups in total. The zero-order valence-corrected chi connectivity index (χ0v) is 18.9. The number of piperazine rings is 1. The number of guanidine groups is 1. The fourth-order valence-corrected chi connectivity index (χ4v) is 4.07. The van der Waals surface area contributed by atoms with E-state index in [0.717, 1.165) is 57.5 Å². The minimum absolute atomic E-state index is 0.00212. The van der Waals surface area contributed by atoms with Crippen molar-refractivity contribution in [3.8, 4) is 0 Å². The highest BCUT2D eigenvalue weighted by Gasteiger charge is 2.20. The van der Waals surface area contributed by atoms with Crippen LogP contribution in [0.25, 0.3) is 0 Å². The highest BCUT2D eigenvalue weighted by molar-refractivity contribution is 7.09. The Morgan fingerprint density at radius 3 is 2.77 bits per heavy atom. The number of nitrogens with zero attached hydrogens (tertiary/aromatic N) is 7. The number of carbonyl (C=O) groups excluding carboxylic acids is 1.